The summed E-state index contributed by atoms with van der Waals surface area (Å²) in [5.74, 6) is 6.65. The molecule has 2 rings (SSSR count). The summed E-state index contributed by atoms with van der Waals surface area (Å²) in [4.78, 5) is 4.32. The summed E-state index contributed by atoms with van der Waals surface area (Å²) in [5, 5.41) is 0.740. The Kier molecular flexibility index (Phi) is 4.01. The summed E-state index contributed by atoms with van der Waals surface area (Å²) in [5.41, 5.74) is 5.12. The van der Waals surface area contributed by atoms with Crippen LogP contribution in [0.5, 0.6) is 0 Å². The van der Waals surface area contributed by atoms with Gasteiger partial charge in [0.2, 0.25) is 0 Å². The van der Waals surface area contributed by atoms with E-state index >= 15 is 0 Å². The van der Waals surface area contributed by atoms with Gasteiger partial charge in [-0.25, -0.2) is 4.98 Å². The molecule has 0 amide bonds. The van der Waals surface area contributed by atoms with Crippen LogP contribution in [-0.2, 0) is 13.5 Å². The van der Waals surface area contributed by atoms with Gasteiger partial charge in [-0.05, 0) is 30.2 Å². The van der Waals surface area contributed by atoms with Crippen molar-refractivity contribution in [3.63, 3.8) is 0 Å². The first-order valence-corrected chi connectivity index (χ1v) is 6.18. The molecule has 96 valence electrons. The topological polar surface area (TPSA) is 55.9 Å². The summed E-state index contributed by atoms with van der Waals surface area (Å²) in [6.45, 7) is 2.03. The fraction of sp³-hybridized carbons (Fsp3) is 0.308. The predicted molar refractivity (Wildman–Crippen MR) is 73.2 cm³/mol. The molecule has 0 aliphatic heterocycles. The number of hydrogen-bond donors (Lipinski definition) is 2. The van der Waals surface area contributed by atoms with Crippen molar-refractivity contribution in [3.8, 4) is 0 Å². The maximum atomic E-state index is 5.96. The molecule has 0 saturated heterocycles. The second kappa shape index (κ2) is 5.52. The largest absolute Gasteiger partial charge is 0.338 e. The number of nitrogens with one attached hydrogen (secondary N) is 1. The standard InChI is InChI=1S/C13H17ClN4/c1-9-7-10(14)3-4-11(9)12(17-15)8-13-16-5-6-18(13)2/h3-7,12,17H,8,15H2,1-2H3. The number of hydrazine groups is 1. The second-order valence-corrected chi connectivity index (χ2v) is 4.82. The van der Waals surface area contributed by atoms with Crippen LogP contribution in [0.4, 0.5) is 0 Å². The zero-order chi connectivity index (χ0) is 13.1. The first kappa shape index (κ1) is 13.1. The maximum absolute atomic E-state index is 5.96. The van der Waals surface area contributed by atoms with E-state index < -0.39 is 0 Å². The number of rotatable bonds is 4. The van der Waals surface area contributed by atoms with E-state index in [2.05, 4.69) is 10.4 Å². The van der Waals surface area contributed by atoms with Crippen molar-refractivity contribution < 1.29 is 0 Å². The smallest absolute Gasteiger partial charge is 0.110 e. The van der Waals surface area contributed by atoms with Crippen LogP contribution in [0.1, 0.15) is 23.0 Å². The average Bonchev–Trinajstić information content (AvgIpc) is 2.73. The van der Waals surface area contributed by atoms with E-state index in [0.29, 0.717) is 0 Å². The Labute approximate surface area is 112 Å². The van der Waals surface area contributed by atoms with Crippen LogP contribution in [0.2, 0.25) is 5.02 Å². The van der Waals surface area contributed by atoms with Crippen molar-refractivity contribution in [3.05, 3.63) is 52.6 Å². The number of nitrogens with zero attached hydrogens (tertiary/aromatic N) is 2. The number of benzene rings is 1. The lowest BCUT2D eigenvalue weighted by molar-refractivity contribution is 0.528. The Morgan fingerprint density at radius 3 is 2.83 bits per heavy atom. The Bertz CT molecular complexity index is 536. The molecule has 5 heteroatoms. The Hall–Kier alpha value is -1.36. The first-order chi connectivity index (χ1) is 8.61. The van der Waals surface area contributed by atoms with Gasteiger partial charge in [-0.2, -0.15) is 0 Å². The number of hydrogen-bond acceptors (Lipinski definition) is 3. The lowest BCUT2D eigenvalue weighted by Crippen LogP contribution is -2.30. The van der Waals surface area contributed by atoms with Gasteiger partial charge in [0.1, 0.15) is 5.82 Å². The highest BCUT2D eigenvalue weighted by molar-refractivity contribution is 6.30. The van der Waals surface area contributed by atoms with Gasteiger partial charge in [0, 0.05) is 30.9 Å². The van der Waals surface area contributed by atoms with E-state index in [9.17, 15) is 0 Å². The maximum Gasteiger partial charge on any atom is 0.110 e. The molecule has 1 aromatic carbocycles. The van der Waals surface area contributed by atoms with E-state index in [1.165, 1.54) is 0 Å². The zero-order valence-electron chi connectivity index (χ0n) is 10.5. The van der Waals surface area contributed by atoms with Crippen molar-refractivity contribution in [2.75, 3.05) is 0 Å². The average molecular weight is 265 g/mol. The van der Waals surface area contributed by atoms with Crippen LogP contribution in [0.3, 0.4) is 0 Å². The second-order valence-electron chi connectivity index (χ2n) is 4.38. The number of aromatic nitrogens is 2. The number of nitrogens with two attached hydrogens (primary N) is 1. The van der Waals surface area contributed by atoms with E-state index in [-0.39, 0.29) is 6.04 Å². The molecule has 1 heterocycles. The Morgan fingerprint density at radius 2 is 2.28 bits per heavy atom. The van der Waals surface area contributed by atoms with Crippen molar-refractivity contribution in [2.24, 2.45) is 12.9 Å². The van der Waals surface area contributed by atoms with Gasteiger partial charge in [0.25, 0.3) is 0 Å². The van der Waals surface area contributed by atoms with Crippen LogP contribution in [-0.4, -0.2) is 9.55 Å². The van der Waals surface area contributed by atoms with Gasteiger partial charge >= 0.3 is 0 Å². The minimum atomic E-state index is 0.0309. The van der Waals surface area contributed by atoms with Gasteiger partial charge in [-0.15, -0.1) is 0 Å². The molecule has 0 spiro atoms. The molecule has 0 aliphatic carbocycles. The number of halogens is 1. The highest BCUT2D eigenvalue weighted by Crippen LogP contribution is 2.23. The highest BCUT2D eigenvalue weighted by atomic mass is 35.5. The lowest BCUT2D eigenvalue weighted by Gasteiger charge is -2.18. The molecule has 1 aromatic heterocycles. The molecule has 0 radical (unpaired) electrons. The summed E-state index contributed by atoms with van der Waals surface area (Å²) in [7, 11) is 1.98. The quantitative estimate of drug-likeness (QED) is 0.657. The number of aryl methyl sites for hydroxylation is 2. The van der Waals surface area contributed by atoms with E-state index in [0.717, 1.165) is 28.4 Å². The van der Waals surface area contributed by atoms with E-state index in [1.54, 1.807) is 6.20 Å². The van der Waals surface area contributed by atoms with Gasteiger partial charge in [-0.1, -0.05) is 17.7 Å². The minimum Gasteiger partial charge on any atom is -0.338 e. The fourth-order valence-electron chi connectivity index (χ4n) is 2.06. The summed E-state index contributed by atoms with van der Waals surface area (Å²) >= 11 is 5.96. The van der Waals surface area contributed by atoms with Crippen LogP contribution < -0.4 is 11.3 Å². The van der Waals surface area contributed by atoms with Crippen LogP contribution in [0.15, 0.2) is 30.6 Å². The predicted octanol–water partition coefficient (Wildman–Crippen LogP) is 2.13. The zero-order valence-corrected chi connectivity index (χ0v) is 11.3. The van der Waals surface area contributed by atoms with Crippen molar-refractivity contribution in [1.82, 2.24) is 15.0 Å². The van der Waals surface area contributed by atoms with Crippen molar-refractivity contribution in [1.29, 1.82) is 0 Å². The summed E-state index contributed by atoms with van der Waals surface area (Å²) in [6.07, 6.45) is 4.46. The van der Waals surface area contributed by atoms with Gasteiger partial charge in [-0.3, -0.25) is 11.3 Å². The molecule has 0 fully saturated rings. The molecule has 18 heavy (non-hydrogen) atoms. The molecule has 1 unspecified atom stereocenters. The first-order valence-electron chi connectivity index (χ1n) is 5.80. The molecule has 3 N–H and O–H groups in total. The molecule has 0 bridgehead atoms. The van der Waals surface area contributed by atoms with E-state index in [4.69, 9.17) is 17.4 Å². The molecular weight excluding hydrogens is 248 g/mol. The molecule has 2 aromatic rings. The van der Waals surface area contributed by atoms with Gasteiger partial charge < -0.3 is 4.57 Å². The van der Waals surface area contributed by atoms with E-state index in [1.807, 2.05) is 42.9 Å². The summed E-state index contributed by atoms with van der Waals surface area (Å²) < 4.78 is 2.00. The third kappa shape index (κ3) is 2.72. The Balaban J connectivity index is 2.26. The SMILES string of the molecule is Cc1cc(Cl)ccc1C(Cc1nccn1C)NN. The molecule has 4 nitrogen and oxygen atoms in total. The minimum absolute atomic E-state index is 0.0309. The van der Waals surface area contributed by atoms with Gasteiger partial charge in [0.05, 0.1) is 6.04 Å². The van der Waals surface area contributed by atoms with Crippen LogP contribution in [0, 0.1) is 6.92 Å². The number of imidazole rings is 1. The summed E-state index contributed by atoms with van der Waals surface area (Å²) in [6, 6.07) is 5.86. The molecule has 0 aliphatic rings. The molecular formula is C13H17ClN4. The Morgan fingerprint density at radius 1 is 1.50 bits per heavy atom. The molecule has 0 saturated carbocycles. The van der Waals surface area contributed by atoms with Crippen molar-refractivity contribution >= 4 is 11.6 Å². The van der Waals surface area contributed by atoms with Gasteiger partial charge in [0.15, 0.2) is 0 Å². The van der Waals surface area contributed by atoms with Crippen LogP contribution >= 0.6 is 11.6 Å². The third-order valence-electron chi connectivity index (χ3n) is 3.12. The highest BCUT2D eigenvalue weighted by Gasteiger charge is 2.15. The third-order valence-corrected chi connectivity index (χ3v) is 3.35. The molecule has 1 atom stereocenters. The normalized spacial score (nSPS) is 12.7. The fourth-order valence-corrected chi connectivity index (χ4v) is 2.29. The van der Waals surface area contributed by atoms with Crippen molar-refractivity contribution in [2.45, 2.75) is 19.4 Å². The monoisotopic (exact) mass is 264 g/mol. The lowest BCUT2D eigenvalue weighted by atomic mass is 9.99. The van der Waals surface area contributed by atoms with Crippen LogP contribution in [0.25, 0.3) is 0 Å².